The Morgan fingerprint density at radius 2 is 2.06 bits per heavy atom. The van der Waals surface area contributed by atoms with Crippen LogP contribution in [0, 0.1) is 0 Å². The maximum absolute atomic E-state index is 9.43. The van der Waals surface area contributed by atoms with Crippen molar-refractivity contribution in [3.8, 4) is 5.88 Å². The fourth-order valence-corrected chi connectivity index (χ4v) is 2.03. The summed E-state index contributed by atoms with van der Waals surface area (Å²) in [5.41, 5.74) is 1.93. The molecule has 0 bridgehead atoms. The van der Waals surface area contributed by atoms with Gasteiger partial charge in [-0.1, -0.05) is 6.07 Å². The van der Waals surface area contributed by atoms with Crippen LogP contribution in [0.4, 0.5) is 5.69 Å². The maximum atomic E-state index is 9.43. The molecular formula is C11H14N4O. The second kappa shape index (κ2) is 3.70. The lowest BCUT2D eigenvalue weighted by molar-refractivity contribution is 0.458. The van der Waals surface area contributed by atoms with Gasteiger partial charge in [-0.3, -0.25) is 10.6 Å². The first-order valence-corrected chi connectivity index (χ1v) is 5.37. The van der Waals surface area contributed by atoms with Crippen LogP contribution in [0.1, 0.15) is 0 Å². The molecule has 16 heavy (non-hydrogen) atoms. The first kappa shape index (κ1) is 9.50. The second-order valence-electron chi connectivity index (χ2n) is 3.91. The lowest BCUT2D eigenvalue weighted by Crippen LogP contribution is -2.38. The van der Waals surface area contributed by atoms with E-state index in [1.165, 1.54) is 0 Å². The maximum Gasteiger partial charge on any atom is 0.189 e. The van der Waals surface area contributed by atoms with Crippen molar-refractivity contribution in [2.75, 3.05) is 18.4 Å². The van der Waals surface area contributed by atoms with E-state index < -0.39 is 0 Å². The van der Waals surface area contributed by atoms with Crippen LogP contribution in [0.15, 0.2) is 24.3 Å². The average Bonchev–Trinajstić information content (AvgIpc) is 2.86. The smallest absolute Gasteiger partial charge is 0.189 e. The first-order valence-electron chi connectivity index (χ1n) is 5.37. The Hall–Kier alpha value is -1.72. The van der Waals surface area contributed by atoms with E-state index in [1.807, 2.05) is 18.2 Å². The van der Waals surface area contributed by atoms with E-state index in [4.69, 9.17) is 0 Å². The molecule has 0 radical (unpaired) electrons. The van der Waals surface area contributed by atoms with Crippen molar-refractivity contribution in [3.05, 3.63) is 24.3 Å². The van der Waals surface area contributed by atoms with Crippen molar-refractivity contribution in [3.63, 3.8) is 0 Å². The molecule has 1 aromatic carbocycles. The third-order valence-electron chi connectivity index (χ3n) is 2.77. The summed E-state index contributed by atoms with van der Waals surface area (Å²) in [4.78, 5) is 2.90. The molecule has 84 valence electrons. The highest BCUT2D eigenvalue weighted by atomic mass is 16.3. The number of aromatic nitrogens is 1. The van der Waals surface area contributed by atoms with Gasteiger partial charge in [0.15, 0.2) is 5.88 Å². The van der Waals surface area contributed by atoms with Crippen LogP contribution < -0.4 is 16.0 Å². The average molecular weight is 218 g/mol. The third-order valence-corrected chi connectivity index (χ3v) is 2.77. The normalized spacial score (nSPS) is 17.0. The fraction of sp³-hybridized carbons (Fsp3) is 0.273. The van der Waals surface area contributed by atoms with Gasteiger partial charge in [-0.25, -0.2) is 0 Å². The molecule has 3 rings (SSSR count). The highest BCUT2D eigenvalue weighted by molar-refractivity contribution is 5.93. The van der Waals surface area contributed by atoms with Gasteiger partial charge in [0.1, 0.15) is 6.29 Å². The Labute approximate surface area is 92.9 Å². The van der Waals surface area contributed by atoms with Gasteiger partial charge in [0.25, 0.3) is 0 Å². The van der Waals surface area contributed by atoms with Crippen LogP contribution in [-0.4, -0.2) is 29.5 Å². The Bertz CT molecular complexity index is 502. The molecule has 0 amide bonds. The second-order valence-corrected chi connectivity index (χ2v) is 3.91. The fourth-order valence-electron chi connectivity index (χ4n) is 2.03. The topological polar surface area (TPSA) is 72.1 Å². The summed E-state index contributed by atoms with van der Waals surface area (Å²) >= 11 is 0. The van der Waals surface area contributed by atoms with Gasteiger partial charge in [0.05, 0.1) is 5.52 Å². The molecule has 0 atom stereocenters. The largest absolute Gasteiger partial charge is 0.495 e. The monoisotopic (exact) mass is 218 g/mol. The van der Waals surface area contributed by atoms with Crippen LogP contribution >= 0.6 is 0 Å². The van der Waals surface area contributed by atoms with Crippen molar-refractivity contribution in [1.82, 2.24) is 15.6 Å². The molecule has 2 heterocycles. The van der Waals surface area contributed by atoms with E-state index in [1.54, 1.807) is 6.07 Å². The van der Waals surface area contributed by atoms with Crippen LogP contribution in [0.25, 0.3) is 10.9 Å². The molecule has 1 aliphatic heterocycles. The SMILES string of the molecule is Oc1cc2c(NC3NCCN3)cccc2[nH]1. The van der Waals surface area contributed by atoms with Crippen molar-refractivity contribution >= 4 is 16.6 Å². The van der Waals surface area contributed by atoms with E-state index in [0.717, 1.165) is 29.7 Å². The first-order chi connectivity index (χ1) is 7.83. The summed E-state index contributed by atoms with van der Waals surface area (Å²) in [7, 11) is 0. The zero-order valence-corrected chi connectivity index (χ0v) is 8.75. The van der Waals surface area contributed by atoms with Gasteiger partial charge in [-0.05, 0) is 12.1 Å². The molecule has 5 nitrogen and oxygen atoms in total. The number of rotatable bonds is 2. The predicted molar refractivity (Wildman–Crippen MR) is 63.4 cm³/mol. The summed E-state index contributed by atoms with van der Waals surface area (Å²) < 4.78 is 0. The van der Waals surface area contributed by atoms with Crippen LogP contribution in [0.5, 0.6) is 5.88 Å². The number of hydrogen-bond donors (Lipinski definition) is 5. The number of aromatic hydroxyl groups is 1. The molecule has 5 N–H and O–H groups in total. The minimum absolute atomic E-state index is 0.0997. The number of benzene rings is 1. The van der Waals surface area contributed by atoms with E-state index in [9.17, 15) is 5.11 Å². The molecule has 1 fully saturated rings. The lowest BCUT2D eigenvalue weighted by Gasteiger charge is -2.15. The van der Waals surface area contributed by atoms with Gasteiger partial charge in [0, 0.05) is 30.2 Å². The van der Waals surface area contributed by atoms with E-state index in [2.05, 4.69) is 20.9 Å². The van der Waals surface area contributed by atoms with Crippen LogP contribution in [0.2, 0.25) is 0 Å². The minimum atomic E-state index is 0.0997. The predicted octanol–water partition coefficient (Wildman–Crippen LogP) is 0.762. The molecule has 1 aliphatic rings. The zero-order chi connectivity index (χ0) is 11.0. The number of H-pyrrole nitrogens is 1. The molecule has 0 spiro atoms. The molecule has 1 saturated heterocycles. The van der Waals surface area contributed by atoms with Crippen molar-refractivity contribution < 1.29 is 5.11 Å². The highest BCUT2D eigenvalue weighted by Crippen LogP contribution is 2.26. The van der Waals surface area contributed by atoms with Gasteiger partial charge >= 0.3 is 0 Å². The molecule has 5 heteroatoms. The number of anilines is 1. The standard InChI is InChI=1S/C11H14N4O/c16-10-6-7-8(14-10)2-1-3-9(7)15-11-12-4-5-13-11/h1-3,6,11-16H,4-5H2. The summed E-state index contributed by atoms with van der Waals surface area (Å²) in [5.74, 6) is 0.191. The molecule has 0 unspecified atom stereocenters. The van der Waals surface area contributed by atoms with Crippen LogP contribution in [0.3, 0.4) is 0 Å². The zero-order valence-electron chi connectivity index (χ0n) is 8.75. The Morgan fingerprint density at radius 3 is 2.88 bits per heavy atom. The number of aromatic amines is 1. The van der Waals surface area contributed by atoms with E-state index in [0.29, 0.717) is 0 Å². The van der Waals surface area contributed by atoms with Gasteiger partial charge in [-0.2, -0.15) is 0 Å². The minimum Gasteiger partial charge on any atom is -0.495 e. The molecule has 1 aromatic heterocycles. The van der Waals surface area contributed by atoms with Crippen molar-refractivity contribution in [2.45, 2.75) is 6.29 Å². The number of nitrogens with one attached hydrogen (secondary N) is 4. The summed E-state index contributed by atoms with van der Waals surface area (Å²) in [6, 6.07) is 7.62. The van der Waals surface area contributed by atoms with Crippen LogP contribution in [-0.2, 0) is 0 Å². The summed E-state index contributed by atoms with van der Waals surface area (Å²) in [5, 5.41) is 20.3. The molecule has 2 aromatic rings. The molecular weight excluding hydrogens is 204 g/mol. The Kier molecular flexibility index (Phi) is 2.19. The molecule has 0 saturated carbocycles. The van der Waals surface area contributed by atoms with Crippen molar-refractivity contribution in [1.29, 1.82) is 0 Å². The Morgan fingerprint density at radius 1 is 1.25 bits per heavy atom. The number of fused-ring (bicyclic) bond motifs is 1. The third kappa shape index (κ3) is 1.60. The van der Waals surface area contributed by atoms with E-state index in [-0.39, 0.29) is 12.2 Å². The number of hydrogen-bond acceptors (Lipinski definition) is 4. The van der Waals surface area contributed by atoms with Crippen molar-refractivity contribution in [2.24, 2.45) is 0 Å². The highest BCUT2D eigenvalue weighted by Gasteiger charge is 2.13. The summed E-state index contributed by atoms with van der Waals surface area (Å²) in [6.45, 7) is 1.93. The Balaban J connectivity index is 1.95. The lowest BCUT2D eigenvalue weighted by atomic mass is 10.2. The quantitative estimate of drug-likeness (QED) is 0.516. The van der Waals surface area contributed by atoms with E-state index >= 15 is 0 Å². The summed E-state index contributed by atoms with van der Waals surface area (Å²) in [6.07, 6.45) is 0.0997. The van der Waals surface area contributed by atoms with Gasteiger partial charge in [0.2, 0.25) is 0 Å². The van der Waals surface area contributed by atoms with Gasteiger partial charge in [-0.15, -0.1) is 0 Å². The van der Waals surface area contributed by atoms with Gasteiger partial charge < -0.3 is 15.4 Å². The molecule has 0 aliphatic carbocycles.